The Bertz CT molecular complexity index is 1270. The fourth-order valence-electron chi connectivity index (χ4n) is 3.19. The number of benzene rings is 3. The van der Waals surface area contributed by atoms with E-state index < -0.39 is 17.8 Å². The number of barbiturate groups is 1. The van der Waals surface area contributed by atoms with Gasteiger partial charge in [0.25, 0.3) is 11.8 Å². The first-order valence-electron chi connectivity index (χ1n) is 9.97. The van der Waals surface area contributed by atoms with E-state index in [0.717, 1.165) is 10.5 Å². The third-order valence-corrected chi connectivity index (χ3v) is 5.72. The highest BCUT2D eigenvalue weighted by atomic mass is 35.5. The molecule has 4 rings (SSSR count). The lowest BCUT2D eigenvalue weighted by atomic mass is 10.1. The number of rotatable bonds is 5. The molecule has 3 aromatic carbocycles. The van der Waals surface area contributed by atoms with Crippen LogP contribution in [-0.2, 0) is 16.2 Å². The molecular weight excluding hydrogens is 463 g/mol. The van der Waals surface area contributed by atoms with Crippen LogP contribution in [0.3, 0.4) is 0 Å². The maximum atomic E-state index is 13.0. The van der Waals surface area contributed by atoms with Crippen molar-refractivity contribution in [3.8, 4) is 5.75 Å². The van der Waals surface area contributed by atoms with Gasteiger partial charge in [-0.1, -0.05) is 65.2 Å². The molecule has 0 unspecified atom stereocenters. The molecule has 6 nitrogen and oxygen atoms in total. The van der Waals surface area contributed by atoms with Gasteiger partial charge in [-0.15, -0.1) is 0 Å². The first-order valence-corrected chi connectivity index (χ1v) is 10.7. The Morgan fingerprint density at radius 1 is 0.909 bits per heavy atom. The molecule has 0 aromatic heterocycles. The van der Waals surface area contributed by atoms with E-state index in [2.05, 4.69) is 5.32 Å². The number of hydrogen-bond donors (Lipinski definition) is 1. The molecule has 0 bridgehead atoms. The fourth-order valence-corrected chi connectivity index (χ4v) is 3.49. The molecule has 0 spiro atoms. The van der Waals surface area contributed by atoms with Crippen molar-refractivity contribution in [1.29, 1.82) is 0 Å². The van der Waals surface area contributed by atoms with Crippen LogP contribution in [0.1, 0.15) is 16.7 Å². The largest absolute Gasteiger partial charge is 0.489 e. The predicted octanol–water partition coefficient (Wildman–Crippen LogP) is 5.55. The number of imide groups is 2. The fraction of sp³-hybridized carbons (Fsp3) is 0.0800. The van der Waals surface area contributed by atoms with Crippen LogP contribution in [0.15, 0.2) is 72.3 Å². The van der Waals surface area contributed by atoms with Crippen LogP contribution in [0.25, 0.3) is 6.08 Å². The highest BCUT2D eigenvalue weighted by Crippen LogP contribution is 2.29. The summed E-state index contributed by atoms with van der Waals surface area (Å²) in [5.74, 6) is -0.896. The summed E-state index contributed by atoms with van der Waals surface area (Å²) in [5, 5.41) is 2.63. The summed E-state index contributed by atoms with van der Waals surface area (Å²) >= 11 is 11.9. The molecule has 8 heteroatoms. The second kappa shape index (κ2) is 9.48. The molecular formula is C25H18Cl2N2O4. The quantitative estimate of drug-likeness (QED) is 0.383. The summed E-state index contributed by atoms with van der Waals surface area (Å²) in [6.45, 7) is 2.44. The number of aryl methyl sites for hydroxylation is 1. The monoisotopic (exact) mass is 480 g/mol. The first kappa shape index (κ1) is 22.6. The maximum Gasteiger partial charge on any atom is 0.335 e. The van der Waals surface area contributed by atoms with E-state index in [1.54, 1.807) is 24.3 Å². The summed E-state index contributed by atoms with van der Waals surface area (Å²) in [5.41, 5.74) is 2.83. The molecule has 4 amide bonds. The summed E-state index contributed by atoms with van der Waals surface area (Å²) in [7, 11) is 0. The number of ether oxygens (including phenoxy) is 1. The van der Waals surface area contributed by atoms with E-state index in [0.29, 0.717) is 17.9 Å². The van der Waals surface area contributed by atoms with Crippen molar-refractivity contribution in [2.75, 3.05) is 4.90 Å². The van der Waals surface area contributed by atoms with E-state index in [4.69, 9.17) is 27.9 Å². The number of nitrogens with zero attached hydrogens (tertiary/aromatic N) is 1. The van der Waals surface area contributed by atoms with Crippen LogP contribution in [0.2, 0.25) is 10.0 Å². The van der Waals surface area contributed by atoms with Gasteiger partial charge in [-0.05, 0) is 54.5 Å². The summed E-state index contributed by atoms with van der Waals surface area (Å²) in [6.07, 6.45) is 1.42. The summed E-state index contributed by atoms with van der Waals surface area (Å²) in [6, 6.07) is 18.4. The zero-order valence-electron chi connectivity index (χ0n) is 17.5. The van der Waals surface area contributed by atoms with Gasteiger partial charge < -0.3 is 4.74 Å². The second-order valence-corrected chi connectivity index (χ2v) is 8.21. The minimum atomic E-state index is -0.861. The minimum Gasteiger partial charge on any atom is -0.489 e. The average Bonchev–Trinajstić information content (AvgIpc) is 2.79. The van der Waals surface area contributed by atoms with Crippen molar-refractivity contribution >= 4 is 52.8 Å². The molecule has 0 atom stereocenters. The van der Waals surface area contributed by atoms with E-state index in [1.807, 2.05) is 31.2 Å². The molecule has 3 aromatic rings. The summed E-state index contributed by atoms with van der Waals surface area (Å²) in [4.78, 5) is 38.5. The van der Waals surface area contributed by atoms with Crippen LogP contribution >= 0.6 is 23.2 Å². The number of nitrogens with one attached hydrogen (secondary N) is 1. The average molecular weight is 481 g/mol. The SMILES string of the molecule is Cc1ccc(COc2ccc(/C=C3\C(=O)NC(=O)N(c4ccc(Cl)c(Cl)c4)C3=O)cc2)cc1. The van der Waals surface area contributed by atoms with Gasteiger partial charge in [-0.3, -0.25) is 14.9 Å². The summed E-state index contributed by atoms with van der Waals surface area (Å²) < 4.78 is 5.79. The molecule has 0 aliphatic carbocycles. The predicted molar refractivity (Wildman–Crippen MR) is 127 cm³/mol. The van der Waals surface area contributed by atoms with Crippen LogP contribution < -0.4 is 15.0 Å². The number of carbonyl (C=O) groups excluding carboxylic acids is 3. The Labute approximate surface area is 200 Å². The van der Waals surface area contributed by atoms with E-state index in [-0.39, 0.29) is 21.3 Å². The molecule has 1 heterocycles. The van der Waals surface area contributed by atoms with Crippen LogP contribution in [0.5, 0.6) is 5.75 Å². The van der Waals surface area contributed by atoms with Crippen molar-refractivity contribution in [2.24, 2.45) is 0 Å². The van der Waals surface area contributed by atoms with Crippen LogP contribution in [0.4, 0.5) is 10.5 Å². The molecule has 0 saturated carbocycles. The van der Waals surface area contributed by atoms with Gasteiger partial charge in [0.1, 0.15) is 17.9 Å². The third kappa shape index (κ3) is 5.08. The Morgan fingerprint density at radius 3 is 2.27 bits per heavy atom. The smallest absolute Gasteiger partial charge is 0.335 e. The lowest BCUT2D eigenvalue weighted by Gasteiger charge is -2.26. The van der Waals surface area contributed by atoms with Gasteiger partial charge >= 0.3 is 6.03 Å². The number of anilines is 1. The highest BCUT2D eigenvalue weighted by molar-refractivity contribution is 6.43. The van der Waals surface area contributed by atoms with Gasteiger partial charge in [0, 0.05) is 0 Å². The zero-order valence-corrected chi connectivity index (χ0v) is 19.0. The molecule has 1 saturated heterocycles. The lowest BCUT2D eigenvalue weighted by Crippen LogP contribution is -2.54. The molecule has 1 N–H and O–H groups in total. The topological polar surface area (TPSA) is 75.7 Å². The van der Waals surface area contributed by atoms with E-state index in [9.17, 15) is 14.4 Å². The lowest BCUT2D eigenvalue weighted by molar-refractivity contribution is -0.122. The Balaban J connectivity index is 1.52. The molecule has 1 aliphatic heterocycles. The molecule has 166 valence electrons. The Morgan fingerprint density at radius 2 is 1.61 bits per heavy atom. The van der Waals surface area contributed by atoms with Crippen molar-refractivity contribution in [3.05, 3.63) is 99.0 Å². The van der Waals surface area contributed by atoms with Crippen molar-refractivity contribution < 1.29 is 19.1 Å². The van der Waals surface area contributed by atoms with E-state index >= 15 is 0 Å². The van der Waals surface area contributed by atoms with Gasteiger partial charge in [0.05, 0.1) is 15.7 Å². The van der Waals surface area contributed by atoms with Crippen LogP contribution in [0, 0.1) is 6.92 Å². The zero-order chi connectivity index (χ0) is 23.5. The molecule has 0 radical (unpaired) electrons. The number of hydrogen-bond acceptors (Lipinski definition) is 4. The normalized spacial score (nSPS) is 15.1. The Kier molecular flexibility index (Phi) is 6.49. The third-order valence-electron chi connectivity index (χ3n) is 4.98. The maximum absolute atomic E-state index is 13.0. The van der Waals surface area contributed by atoms with Gasteiger partial charge in [-0.2, -0.15) is 0 Å². The van der Waals surface area contributed by atoms with E-state index in [1.165, 1.54) is 29.8 Å². The van der Waals surface area contributed by atoms with Gasteiger partial charge in [0.2, 0.25) is 0 Å². The van der Waals surface area contributed by atoms with Crippen molar-refractivity contribution in [3.63, 3.8) is 0 Å². The highest BCUT2D eigenvalue weighted by Gasteiger charge is 2.37. The van der Waals surface area contributed by atoms with Crippen molar-refractivity contribution in [1.82, 2.24) is 5.32 Å². The molecule has 33 heavy (non-hydrogen) atoms. The number of carbonyl (C=O) groups is 3. The number of urea groups is 1. The number of halogens is 2. The minimum absolute atomic E-state index is 0.179. The van der Waals surface area contributed by atoms with Gasteiger partial charge in [-0.25, -0.2) is 9.69 Å². The first-order chi connectivity index (χ1) is 15.8. The molecule has 1 aliphatic rings. The number of amides is 4. The second-order valence-electron chi connectivity index (χ2n) is 7.40. The van der Waals surface area contributed by atoms with Gasteiger partial charge in [0.15, 0.2) is 0 Å². The standard InChI is InChI=1S/C25H18Cl2N2O4/c1-15-2-4-17(5-3-15)14-33-19-9-6-16(7-10-19)12-20-23(30)28-25(32)29(24(20)31)18-8-11-21(26)22(27)13-18/h2-13H,14H2,1H3,(H,28,30,32)/b20-12+. The molecule has 1 fully saturated rings. The Hall–Kier alpha value is -3.61. The van der Waals surface area contributed by atoms with Crippen LogP contribution in [-0.4, -0.2) is 17.8 Å². The van der Waals surface area contributed by atoms with Crippen molar-refractivity contribution in [2.45, 2.75) is 13.5 Å².